The first-order valence-electron chi connectivity index (χ1n) is 5.94. The van der Waals surface area contributed by atoms with Crippen molar-refractivity contribution in [3.05, 3.63) is 41.8 Å². The highest BCUT2D eigenvalue weighted by molar-refractivity contribution is 5.53. The van der Waals surface area contributed by atoms with Gasteiger partial charge in [-0.1, -0.05) is 32.0 Å². The van der Waals surface area contributed by atoms with E-state index >= 15 is 0 Å². The number of hydrogen-bond donors (Lipinski definition) is 1. The van der Waals surface area contributed by atoms with Crippen molar-refractivity contribution in [3.8, 4) is 11.5 Å². The van der Waals surface area contributed by atoms with E-state index in [-0.39, 0.29) is 0 Å². The Morgan fingerprint density at radius 2 is 1.76 bits per heavy atom. The van der Waals surface area contributed by atoms with Crippen LogP contribution in [0.2, 0.25) is 0 Å². The zero-order valence-corrected chi connectivity index (χ0v) is 10.7. The fourth-order valence-electron chi connectivity index (χ4n) is 1.46. The Morgan fingerprint density at radius 3 is 2.24 bits per heavy atom. The van der Waals surface area contributed by atoms with E-state index in [1.807, 2.05) is 44.2 Å². The molecule has 2 rings (SSSR count). The Bertz CT molecular complexity index is 435. The van der Waals surface area contributed by atoms with Gasteiger partial charge in [0, 0.05) is 5.56 Å². The van der Waals surface area contributed by atoms with E-state index in [0.717, 1.165) is 35.9 Å². The lowest BCUT2D eigenvalue weighted by Crippen LogP contribution is -1.87. The Hall–Kier alpha value is -1.61. The number of nitrogens with zero attached hydrogens (tertiary/aromatic N) is 1. The molecule has 0 unspecified atom stereocenters. The van der Waals surface area contributed by atoms with Crippen LogP contribution in [0.4, 0.5) is 0 Å². The zero-order valence-electron chi connectivity index (χ0n) is 10.7. The third-order valence-electron chi connectivity index (χ3n) is 2.25. The van der Waals surface area contributed by atoms with Crippen molar-refractivity contribution in [2.24, 2.45) is 5.73 Å². The van der Waals surface area contributed by atoms with E-state index < -0.39 is 0 Å². The largest absolute Gasteiger partial charge is 0.441 e. The summed E-state index contributed by atoms with van der Waals surface area (Å²) in [7, 11) is 0. The van der Waals surface area contributed by atoms with Crippen molar-refractivity contribution in [1.82, 2.24) is 4.98 Å². The van der Waals surface area contributed by atoms with Crippen LogP contribution in [0.15, 0.2) is 34.7 Å². The predicted molar refractivity (Wildman–Crippen MR) is 70.8 cm³/mol. The van der Waals surface area contributed by atoms with E-state index in [9.17, 15) is 0 Å². The van der Waals surface area contributed by atoms with Crippen molar-refractivity contribution in [2.75, 3.05) is 6.54 Å². The molecule has 0 spiro atoms. The summed E-state index contributed by atoms with van der Waals surface area (Å²) in [5.41, 5.74) is 6.93. The molecule has 0 saturated carbocycles. The van der Waals surface area contributed by atoms with Crippen LogP contribution in [0.5, 0.6) is 0 Å². The first-order valence-corrected chi connectivity index (χ1v) is 5.94. The molecular weight excluding hydrogens is 212 g/mol. The van der Waals surface area contributed by atoms with Crippen molar-refractivity contribution in [1.29, 1.82) is 0 Å². The molecule has 3 heteroatoms. The number of benzene rings is 1. The fourth-order valence-corrected chi connectivity index (χ4v) is 1.46. The second-order valence-electron chi connectivity index (χ2n) is 3.65. The Morgan fingerprint density at radius 1 is 1.18 bits per heavy atom. The molecule has 0 aliphatic rings. The number of aromatic nitrogens is 1. The van der Waals surface area contributed by atoms with Crippen LogP contribution in [0.25, 0.3) is 11.5 Å². The summed E-state index contributed by atoms with van der Waals surface area (Å²) < 4.78 is 5.58. The lowest BCUT2D eigenvalue weighted by atomic mass is 10.2. The van der Waals surface area contributed by atoms with Gasteiger partial charge in [-0.15, -0.1) is 0 Å². The molecule has 92 valence electrons. The highest BCUT2D eigenvalue weighted by atomic mass is 16.4. The van der Waals surface area contributed by atoms with Crippen LogP contribution >= 0.6 is 0 Å². The Balaban J connectivity index is 0.000000437. The number of hydrogen-bond acceptors (Lipinski definition) is 3. The molecule has 0 radical (unpaired) electrons. The second-order valence-corrected chi connectivity index (χ2v) is 3.65. The lowest BCUT2D eigenvalue weighted by molar-refractivity contribution is 0.539. The van der Waals surface area contributed by atoms with Gasteiger partial charge >= 0.3 is 0 Å². The van der Waals surface area contributed by atoms with Crippen molar-refractivity contribution in [2.45, 2.75) is 27.2 Å². The molecule has 1 aromatic heterocycles. The summed E-state index contributed by atoms with van der Waals surface area (Å²) in [6, 6.07) is 9.97. The minimum atomic E-state index is 0.722. The predicted octanol–water partition coefficient (Wildman–Crippen LogP) is 3.18. The van der Waals surface area contributed by atoms with Crippen LogP contribution in [-0.4, -0.2) is 11.5 Å². The average Bonchev–Trinajstić information content (AvgIpc) is 2.73. The van der Waals surface area contributed by atoms with Gasteiger partial charge in [-0.2, -0.15) is 0 Å². The smallest absolute Gasteiger partial charge is 0.226 e. The van der Waals surface area contributed by atoms with Gasteiger partial charge in [0.1, 0.15) is 5.76 Å². The van der Waals surface area contributed by atoms with Crippen LogP contribution in [0.3, 0.4) is 0 Å². The molecule has 17 heavy (non-hydrogen) atoms. The standard InChI is InChI=1S/C12H13NO.C2H7N/c1-3-11-9(2)14-12(13-11)10-7-5-4-6-8-10;1-2-3/h4-8H,3H2,1-2H3;2-3H2,1H3. The number of rotatable bonds is 2. The molecule has 0 aliphatic carbocycles. The SMILES string of the molecule is CCN.CCc1nc(-c2ccccc2)oc1C. The molecule has 1 aromatic carbocycles. The topological polar surface area (TPSA) is 52.0 Å². The first kappa shape index (κ1) is 13.5. The molecule has 2 N–H and O–H groups in total. The number of nitrogens with two attached hydrogens (primary N) is 1. The third-order valence-corrected chi connectivity index (χ3v) is 2.25. The summed E-state index contributed by atoms with van der Waals surface area (Å²) >= 11 is 0. The van der Waals surface area contributed by atoms with E-state index in [2.05, 4.69) is 11.9 Å². The maximum absolute atomic E-state index is 5.58. The van der Waals surface area contributed by atoms with Gasteiger partial charge in [-0.25, -0.2) is 4.98 Å². The van der Waals surface area contributed by atoms with Crippen molar-refractivity contribution >= 4 is 0 Å². The van der Waals surface area contributed by atoms with Gasteiger partial charge in [-0.3, -0.25) is 0 Å². The minimum Gasteiger partial charge on any atom is -0.441 e. The summed E-state index contributed by atoms with van der Waals surface area (Å²) in [4.78, 5) is 4.43. The third kappa shape index (κ3) is 3.71. The highest BCUT2D eigenvalue weighted by Gasteiger charge is 2.08. The molecule has 0 atom stereocenters. The van der Waals surface area contributed by atoms with Gasteiger partial charge in [0.15, 0.2) is 0 Å². The summed E-state index contributed by atoms with van der Waals surface area (Å²) in [5.74, 6) is 1.64. The molecule has 3 nitrogen and oxygen atoms in total. The molecule has 2 aromatic rings. The van der Waals surface area contributed by atoms with E-state index in [1.165, 1.54) is 0 Å². The fraction of sp³-hybridized carbons (Fsp3) is 0.357. The molecule has 0 aliphatic heterocycles. The maximum Gasteiger partial charge on any atom is 0.226 e. The molecule has 0 saturated heterocycles. The van der Waals surface area contributed by atoms with Crippen LogP contribution < -0.4 is 5.73 Å². The van der Waals surface area contributed by atoms with Crippen molar-refractivity contribution in [3.63, 3.8) is 0 Å². The molecule has 0 amide bonds. The monoisotopic (exact) mass is 232 g/mol. The van der Waals surface area contributed by atoms with E-state index in [0.29, 0.717) is 0 Å². The van der Waals surface area contributed by atoms with Gasteiger partial charge in [0.05, 0.1) is 5.69 Å². The average molecular weight is 232 g/mol. The van der Waals surface area contributed by atoms with Gasteiger partial charge in [0.2, 0.25) is 5.89 Å². The molecular formula is C14H20N2O. The summed E-state index contributed by atoms with van der Waals surface area (Å²) in [5, 5.41) is 0. The minimum absolute atomic E-state index is 0.722. The summed E-state index contributed by atoms with van der Waals surface area (Å²) in [6.45, 7) is 6.69. The van der Waals surface area contributed by atoms with Crippen LogP contribution in [0.1, 0.15) is 25.3 Å². The van der Waals surface area contributed by atoms with Crippen LogP contribution in [-0.2, 0) is 6.42 Å². The second kappa shape index (κ2) is 6.86. The Kier molecular flexibility index (Phi) is 5.43. The zero-order chi connectivity index (χ0) is 12.7. The quantitative estimate of drug-likeness (QED) is 0.865. The summed E-state index contributed by atoms with van der Waals surface area (Å²) in [6.07, 6.45) is 0.919. The van der Waals surface area contributed by atoms with Crippen LogP contribution in [0, 0.1) is 6.92 Å². The molecule has 1 heterocycles. The number of aryl methyl sites for hydroxylation is 2. The number of oxazole rings is 1. The lowest BCUT2D eigenvalue weighted by Gasteiger charge is -1.91. The first-order chi connectivity index (χ1) is 8.22. The van der Waals surface area contributed by atoms with Gasteiger partial charge in [-0.05, 0) is 32.0 Å². The normalized spacial score (nSPS) is 9.65. The maximum atomic E-state index is 5.58. The molecule has 0 fully saturated rings. The van der Waals surface area contributed by atoms with E-state index in [1.54, 1.807) is 0 Å². The van der Waals surface area contributed by atoms with Gasteiger partial charge in [0.25, 0.3) is 0 Å². The molecule has 0 bridgehead atoms. The highest BCUT2D eigenvalue weighted by Crippen LogP contribution is 2.21. The van der Waals surface area contributed by atoms with Crippen molar-refractivity contribution < 1.29 is 4.42 Å². The Labute approximate surface area is 103 Å². The van der Waals surface area contributed by atoms with E-state index in [4.69, 9.17) is 10.2 Å². The van der Waals surface area contributed by atoms with Gasteiger partial charge < -0.3 is 10.2 Å².